The molecule has 3 fully saturated rings. The van der Waals surface area contributed by atoms with Gasteiger partial charge in [0.1, 0.15) is 5.60 Å². The molecule has 2 N–H and O–H groups in total. The quantitative estimate of drug-likeness (QED) is 0.479. The Morgan fingerprint density at radius 3 is 2.05 bits per heavy atom. The van der Waals surface area contributed by atoms with Gasteiger partial charge >= 0.3 is 0 Å². The summed E-state index contributed by atoms with van der Waals surface area (Å²) in [4.78, 5) is 28.8. The lowest BCUT2D eigenvalue weighted by Crippen LogP contribution is -2.53. The predicted molar refractivity (Wildman–Crippen MR) is 154 cm³/mol. The number of aliphatic hydroxyl groups is 1. The second-order valence-corrected chi connectivity index (χ2v) is 12.7. The number of carbonyl (C=O) groups excluding carboxylic acids is 2. The summed E-state index contributed by atoms with van der Waals surface area (Å²) >= 11 is 0. The molecule has 6 rings (SSSR count). The molecule has 2 aromatic rings. The van der Waals surface area contributed by atoms with Crippen LogP contribution in [0.3, 0.4) is 0 Å². The van der Waals surface area contributed by atoms with Crippen molar-refractivity contribution in [2.24, 2.45) is 5.41 Å². The summed E-state index contributed by atoms with van der Waals surface area (Å²) in [5, 5.41) is 13.7. The lowest BCUT2D eigenvalue weighted by molar-refractivity contribution is -0.143. The number of rotatable bonds is 3. The maximum absolute atomic E-state index is 16.1. The Kier molecular flexibility index (Phi) is 7.79. The van der Waals surface area contributed by atoms with Crippen molar-refractivity contribution >= 4 is 17.5 Å². The normalized spacial score (nSPS) is 23.8. The van der Waals surface area contributed by atoms with Gasteiger partial charge in [-0.05, 0) is 55.2 Å². The standard InChI is InChI=1S/C33H41F2N3O3/c34-27-24(12-13-25(28(27)35)30(39)37-18-20-38(21-19-37)31(40)33(41)16-17-33)29-32(14-8-4-2-1-3-5-9-15-32)22-23-10-6-7-11-26(23)36-29/h6-7,10-13,29,36,41H,1-5,8-9,14-22H2. The van der Waals surface area contributed by atoms with Crippen LogP contribution in [0.25, 0.3) is 0 Å². The maximum atomic E-state index is 16.1. The fourth-order valence-electron chi connectivity index (χ4n) is 7.30. The summed E-state index contributed by atoms with van der Waals surface area (Å²) in [6.45, 7) is 0.965. The molecular formula is C33H41F2N3O3. The second-order valence-electron chi connectivity index (χ2n) is 12.7. The van der Waals surface area contributed by atoms with Crippen molar-refractivity contribution in [1.29, 1.82) is 0 Å². The fourth-order valence-corrected chi connectivity index (χ4v) is 7.30. The zero-order valence-electron chi connectivity index (χ0n) is 23.8. The predicted octanol–water partition coefficient (Wildman–Crippen LogP) is 5.99. The Hall–Kier alpha value is -3.00. The molecule has 2 heterocycles. The number of hydrogen-bond donors (Lipinski definition) is 2. The second kappa shape index (κ2) is 11.3. The van der Waals surface area contributed by atoms with Gasteiger partial charge in [0, 0.05) is 37.4 Å². The van der Waals surface area contributed by atoms with E-state index in [9.17, 15) is 14.7 Å². The van der Waals surface area contributed by atoms with Crippen LogP contribution in [-0.2, 0) is 11.2 Å². The smallest absolute Gasteiger partial charge is 0.257 e. The number of nitrogens with zero attached hydrogens (tertiary/aromatic N) is 2. The highest BCUT2D eigenvalue weighted by atomic mass is 19.2. The van der Waals surface area contributed by atoms with Crippen LogP contribution in [0.1, 0.15) is 98.2 Å². The number of carbonyl (C=O) groups is 2. The van der Waals surface area contributed by atoms with Gasteiger partial charge in [0.25, 0.3) is 11.8 Å². The van der Waals surface area contributed by atoms with Crippen LogP contribution >= 0.6 is 0 Å². The van der Waals surface area contributed by atoms with Crippen LogP contribution in [0.4, 0.5) is 14.5 Å². The molecule has 4 aliphatic rings. The Morgan fingerprint density at radius 1 is 0.780 bits per heavy atom. The van der Waals surface area contributed by atoms with E-state index in [1.807, 2.05) is 18.2 Å². The van der Waals surface area contributed by atoms with Crippen molar-refractivity contribution in [1.82, 2.24) is 9.80 Å². The highest BCUT2D eigenvalue weighted by Crippen LogP contribution is 2.52. The minimum Gasteiger partial charge on any atom is -0.380 e. The van der Waals surface area contributed by atoms with Gasteiger partial charge in [-0.25, -0.2) is 8.78 Å². The molecular weight excluding hydrogens is 524 g/mol. The van der Waals surface area contributed by atoms with Gasteiger partial charge in [0.2, 0.25) is 0 Å². The van der Waals surface area contributed by atoms with Gasteiger partial charge < -0.3 is 20.2 Å². The lowest BCUT2D eigenvalue weighted by atomic mass is 9.64. The summed E-state index contributed by atoms with van der Waals surface area (Å²) in [6.07, 6.45) is 11.8. The van der Waals surface area contributed by atoms with E-state index in [4.69, 9.17) is 0 Å². The van der Waals surface area contributed by atoms with Crippen molar-refractivity contribution in [2.75, 3.05) is 31.5 Å². The van der Waals surface area contributed by atoms with Crippen LogP contribution in [0.15, 0.2) is 36.4 Å². The lowest BCUT2D eigenvalue weighted by Gasteiger charge is -2.47. The monoisotopic (exact) mass is 565 g/mol. The first-order chi connectivity index (χ1) is 19.8. The van der Waals surface area contributed by atoms with Crippen LogP contribution in [0.5, 0.6) is 0 Å². The number of halogens is 2. The molecule has 41 heavy (non-hydrogen) atoms. The molecule has 0 radical (unpaired) electrons. The Balaban J connectivity index is 1.25. The van der Waals surface area contributed by atoms with Gasteiger partial charge in [0.05, 0.1) is 11.6 Å². The van der Waals surface area contributed by atoms with Gasteiger partial charge in [-0.15, -0.1) is 0 Å². The molecule has 2 saturated carbocycles. The molecule has 1 saturated heterocycles. The third kappa shape index (κ3) is 5.47. The number of fused-ring (bicyclic) bond motifs is 1. The third-order valence-electron chi connectivity index (χ3n) is 9.95. The van der Waals surface area contributed by atoms with E-state index in [2.05, 4.69) is 11.4 Å². The van der Waals surface area contributed by atoms with Crippen LogP contribution < -0.4 is 5.32 Å². The Bertz CT molecular complexity index is 1290. The summed E-state index contributed by atoms with van der Waals surface area (Å²) in [5.41, 5.74) is 0.709. The molecule has 0 bridgehead atoms. The van der Waals surface area contributed by atoms with E-state index in [-0.39, 0.29) is 43.1 Å². The minimum absolute atomic E-state index is 0.216. The molecule has 2 aromatic carbocycles. The molecule has 1 spiro atoms. The highest BCUT2D eigenvalue weighted by molar-refractivity contribution is 5.95. The van der Waals surface area contributed by atoms with Crippen LogP contribution in [0.2, 0.25) is 0 Å². The van der Waals surface area contributed by atoms with Crippen molar-refractivity contribution < 1.29 is 23.5 Å². The van der Waals surface area contributed by atoms with Gasteiger partial charge in [-0.2, -0.15) is 0 Å². The van der Waals surface area contributed by atoms with Gasteiger partial charge in [0.15, 0.2) is 11.6 Å². The van der Waals surface area contributed by atoms with E-state index in [0.717, 1.165) is 50.6 Å². The van der Waals surface area contributed by atoms with Crippen LogP contribution in [-0.4, -0.2) is 58.5 Å². The largest absolute Gasteiger partial charge is 0.380 e. The van der Waals surface area contributed by atoms with E-state index in [1.165, 1.54) is 35.8 Å². The van der Waals surface area contributed by atoms with E-state index in [0.29, 0.717) is 18.4 Å². The third-order valence-corrected chi connectivity index (χ3v) is 9.95. The zero-order valence-corrected chi connectivity index (χ0v) is 23.8. The summed E-state index contributed by atoms with van der Waals surface area (Å²) in [6, 6.07) is 10.8. The number of anilines is 1. The van der Waals surface area contributed by atoms with Crippen molar-refractivity contribution in [2.45, 2.75) is 88.7 Å². The average molecular weight is 566 g/mol. The first kappa shape index (κ1) is 28.1. The molecule has 0 aromatic heterocycles. The van der Waals surface area contributed by atoms with E-state index in [1.54, 1.807) is 11.0 Å². The van der Waals surface area contributed by atoms with Crippen molar-refractivity contribution in [3.8, 4) is 0 Å². The average Bonchev–Trinajstić information content (AvgIpc) is 3.75. The van der Waals surface area contributed by atoms with Crippen LogP contribution in [0, 0.1) is 17.0 Å². The van der Waals surface area contributed by atoms with E-state index >= 15 is 8.78 Å². The number of para-hydroxylation sites is 1. The number of hydrogen-bond acceptors (Lipinski definition) is 4. The SMILES string of the molecule is O=C(c1ccc(C2Nc3ccccc3CC23CCCCCCCCC3)c(F)c1F)N1CCN(C(=O)C2(O)CC2)CC1. The number of nitrogens with one attached hydrogen (secondary N) is 1. The summed E-state index contributed by atoms with van der Waals surface area (Å²) in [5.74, 6) is -2.93. The Morgan fingerprint density at radius 2 is 1.39 bits per heavy atom. The molecule has 2 amide bonds. The molecule has 2 aliphatic carbocycles. The van der Waals surface area contributed by atoms with E-state index < -0.39 is 29.2 Å². The molecule has 220 valence electrons. The molecule has 2 aliphatic heterocycles. The highest BCUT2D eigenvalue weighted by Gasteiger charge is 2.50. The molecule has 1 atom stereocenters. The first-order valence-corrected chi connectivity index (χ1v) is 15.4. The van der Waals surface area contributed by atoms with Gasteiger partial charge in [-0.3, -0.25) is 9.59 Å². The minimum atomic E-state index is -1.25. The van der Waals surface area contributed by atoms with Crippen molar-refractivity contribution in [3.63, 3.8) is 0 Å². The number of amides is 2. The summed E-state index contributed by atoms with van der Waals surface area (Å²) < 4.78 is 31.8. The topological polar surface area (TPSA) is 72.9 Å². The number of benzene rings is 2. The summed E-state index contributed by atoms with van der Waals surface area (Å²) in [7, 11) is 0. The zero-order chi connectivity index (χ0) is 28.6. The van der Waals surface area contributed by atoms with Gasteiger partial charge in [-0.1, -0.05) is 69.2 Å². The molecule has 6 nitrogen and oxygen atoms in total. The first-order valence-electron chi connectivity index (χ1n) is 15.4. The molecule has 8 heteroatoms. The fraction of sp³-hybridized carbons (Fsp3) is 0.576. The maximum Gasteiger partial charge on any atom is 0.257 e. The number of piperazine rings is 1. The van der Waals surface area contributed by atoms with Crippen molar-refractivity contribution in [3.05, 3.63) is 64.7 Å². The molecule has 1 unspecified atom stereocenters. The Labute approximate surface area is 241 Å².